The molecule has 0 aromatic heterocycles. The second-order valence-corrected chi connectivity index (χ2v) is 9.51. The molecule has 1 saturated heterocycles. The number of nitrogens with one attached hydrogen (secondary N) is 1. The Morgan fingerprint density at radius 2 is 1.73 bits per heavy atom. The number of nitrogens with zero attached hydrogens (tertiary/aromatic N) is 1. The zero-order valence-electron chi connectivity index (χ0n) is 19.2. The molecule has 1 fully saturated rings. The standard InChI is InChI=1S/C28H30N2O2S/c1-3-4-5-9-21-11-13-22(14-12-21)27(32)29-24-17-15-23(16-18-24)28-30(26(31)19-33-28)25-10-7-6-8-20(25)2/h6-8,10-18,28H,3-5,9,19H2,1-2H3,(H,29,32)/t28-/m0/s1. The Labute approximate surface area is 200 Å². The third kappa shape index (κ3) is 5.48. The molecule has 33 heavy (non-hydrogen) atoms. The van der Waals surface area contributed by atoms with Crippen LogP contribution < -0.4 is 10.2 Å². The third-order valence-corrected chi connectivity index (χ3v) is 7.19. The SMILES string of the molecule is CCCCCc1ccc(C(=O)Nc2ccc([C@@H]3SCC(=O)N3c3ccccc3C)cc2)cc1. The molecule has 3 aromatic carbocycles. The van der Waals surface area contributed by atoms with Crippen LogP contribution in [0.2, 0.25) is 0 Å². The van der Waals surface area contributed by atoms with Gasteiger partial charge in [-0.2, -0.15) is 0 Å². The quantitative estimate of drug-likeness (QED) is 0.380. The molecule has 0 saturated carbocycles. The van der Waals surface area contributed by atoms with Crippen LogP contribution in [0.4, 0.5) is 11.4 Å². The Morgan fingerprint density at radius 3 is 2.42 bits per heavy atom. The summed E-state index contributed by atoms with van der Waals surface area (Å²) in [6, 6.07) is 23.7. The summed E-state index contributed by atoms with van der Waals surface area (Å²) in [7, 11) is 0. The average Bonchev–Trinajstić information content (AvgIpc) is 3.21. The molecule has 1 N–H and O–H groups in total. The lowest BCUT2D eigenvalue weighted by Crippen LogP contribution is -2.28. The second kappa shape index (κ2) is 10.7. The van der Waals surface area contributed by atoms with Gasteiger partial charge in [0.2, 0.25) is 5.91 Å². The number of hydrogen-bond acceptors (Lipinski definition) is 3. The first kappa shape index (κ1) is 23.1. The van der Waals surface area contributed by atoms with E-state index in [1.165, 1.54) is 24.8 Å². The Balaban J connectivity index is 1.42. The Morgan fingerprint density at radius 1 is 1.00 bits per heavy atom. The first-order valence-electron chi connectivity index (χ1n) is 11.6. The van der Waals surface area contributed by atoms with Crippen LogP contribution >= 0.6 is 11.8 Å². The van der Waals surface area contributed by atoms with E-state index in [1.807, 2.05) is 84.6 Å². The Kier molecular flexibility index (Phi) is 7.50. The minimum atomic E-state index is -0.116. The van der Waals surface area contributed by atoms with Crippen LogP contribution in [0.1, 0.15) is 58.6 Å². The summed E-state index contributed by atoms with van der Waals surface area (Å²) >= 11 is 1.63. The van der Waals surface area contributed by atoms with Crippen LogP contribution in [0.3, 0.4) is 0 Å². The minimum absolute atomic E-state index is 0.0661. The molecule has 1 aliphatic heterocycles. The maximum atomic E-state index is 12.7. The number of carbonyl (C=O) groups is 2. The Hall–Kier alpha value is -3.05. The van der Waals surface area contributed by atoms with E-state index in [2.05, 4.69) is 12.2 Å². The summed E-state index contributed by atoms with van der Waals surface area (Å²) in [4.78, 5) is 27.2. The molecule has 5 heteroatoms. The molecule has 1 heterocycles. The van der Waals surface area contributed by atoms with E-state index in [4.69, 9.17) is 0 Å². The zero-order valence-corrected chi connectivity index (χ0v) is 20.0. The van der Waals surface area contributed by atoms with Crippen molar-refractivity contribution in [1.82, 2.24) is 0 Å². The number of hydrogen-bond donors (Lipinski definition) is 1. The zero-order chi connectivity index (χ0) is 23.2. The monoisotopic (exact) mass is 458 g/mol. The molecule has 0 unspecified atom stereocenters. The van der Waals surface area contributed by atoms with Gasteiger partial charge in [0.15, 0.2) is 0 Å². The maximum Gasteiger partial charge on any atom is 0.255 e. The fourth-order valence-electron chi connectivity index (χ4n) is 4.10. The van der Waals surface area contributed by atoms with Crippen molar-refractivity contribution in [1.29, 1.82) is 0 Å². The van der Waals surface area contributed by atoms with Gasteiger partial charge in [0.25, 0.3) is 5.91 Å². The lowest BCUT2D eigenvalue weighted by atomic mass is 10.0. The normalized spacial score (nSPS) is 15.6. The first-order chi connectivity index (χ1) is 16.1. The van der Waals surface area contributed by atoms with Crippen molar-refractivity contribution in [2.24, 2.45) is 0 Å². The van der Waals surface area contributed by atoms with Gasteiger partial charge in [-0.05, 0) is 66.8 Å². The number of amides is 2. The van der Waals surface area contributed by atoms with Crippen molar-refractivity contribution in [3.05, 3.63) is 95.1 Å². The second-order valence-electron chi connectivity index (χ2n) is 8.44. The maximum absolute atomic E-state index is 12.7. The van der Waals surface area contributed by atoms with Crippen molar-refractivity contribution in [2.75, 3.05) is 16.0 Å². The van der Waals surface area contributed by atoms with E-state index >= 15 is 0 Å². The van der Waals surface area contributed by atoms with Crippen molar-refractivity contribution in [2.45, 2.75) is 44.9 Å². The van der Waals surface area contributed by atoms with Gasteiger partial charge in [-0.15, -0.1) is 11.8 Å². The number of unbranched alkanes of at least 4 members (excludes halogenated alkanes) is 2. The molecule has 2 amide bonds. The van der Waals surface area contributed by atoms with E-state index in [9.17, 15) is 9.59 Å². The topological polar surface area (TPSA) is 49.4 Å². The van der Waals surface area contributed by atoms with Crippen molar-refractivity contribution in [3.8, 4) is 0 Å². The molecule has 0 spiro atoms. The van der Waals surface area contributed by atoms with Crippen LogP contribution in [0.15, 0.2) is 72.8 Å². The highest BCUT2D eigenvalue weighted by atomic mass is 32.2. The number of rotatable bonds is 8. The highest BCUT2D eigenvalue weighted by Crippen LogP contribution is 2.42. The number of para-hydroxylation sites is 1. The predicted octanol–water partition coefficient (Wildman–Crippen LogP) is 6.76. The average molecular weight is 459 g/mol. The van der Waals surface area contributed by atoms with Crippen LogP contribution in [-0.2, 0) is 11.2 Å². The molecule has 0 bridgehead atoms. The molecular weight excluding hydrogens is 428 g/mol. The summed E-state index contributed by atoms with van der Waals surface area (Å²) in [5, 5.41) is 2.92. The van der Waals surface area contributed by atoms with E-state index in [1.54, 1.807) is 11.8 Å². The molecule has 1 atom stereocenters. The van der Waals surface area contributed by atoms with Gasteiger partial charge in [0, 0.05) is 16.9 Å². The van der Waals surface area contributed by atoms with Crippen LogP contribution in [0, 0.1) is 6.92 Å². The van der Waals surface area contributed by atoms with Gasteiger partial charge in [-0.25, -0.2) is 0 Å². The lowest BCUT2D eigenvalue weighted by Gasteiger charge is -2.26. The van der Waals surface area contributed by atoms with Gasteiger partial charge in [-0.3, -0.25) is 14.5 Å². The first-order valence-corrected chi connectivity index (χ1v) is 12.6. The number of carbonyl (C=O) groups excluding carboxylic acids is 2. The van der Waals surface area contributed by atoms with E-state index in [0.717, 1.165) is 28.9 Å². The van der Waals surface area contributed by atoms with E-state index < -0.39 is 0 Å². The largest absolute Gasteiger partial charge is 0.322 e. The molecule has 170 valence electrons. The number of aryl methyl sites for hydroxylation is 2. The number of thioether (sulfide) groups is 1. The number of anilines is 2. The van der Waals surface area contributed by atoms with Gasteiger partial charge in [0.1, 0.15) is 5.37 Å². The van der Waals surface area contributed by atoms with Crippen LogP contribution in [0.5, 0.6) is 0 Å². The molecule has 4 rings (SSSR count). The summed E-state index contributed by atoms with van der Waals surface area (Å²) in [5.41, 5.74) is 5.75. The minimum Gasteiger partial charge on any atom is -0.322 e. The van der Waals surface area contributed by atoms with Crippen molar-refractivity contribution < 1.29 is 9.59 Å². The summed E-state index contributed by atoms with van der Waals surface area (Å²) in [6.45, 7) is 4.23. The van der Waals surface area contributed by atoms with Crippen molar-refractivity contribution in [3.63, 3.8) is 0 Å². The fourth-order valence-corrected chi connectivity index (χ4v) is 5.27. The smallest absolute Gasteiger partial charge is 0.255 e. The summed E-state index contributed by atoms with van der Waals surface area (Å²) < 4.78 is 0. The van der Waals surface area contributed by atoms with Crippen molar-refractivity contribution >= 4 is 35.0 Å². The number of benzene rings is 3. The van der Waals surface area contributed by atoms with Gasteiger partial charge < -0.3 is 5.32 Å². The van der Waals surface area contributed by atoms with E-state index in [-0.39, 0.29) is 17.2 Å². The molecule has 1 aliphatic rings. The highest BCUT2D eigenvalue weighted by molar-refractivity contribution is 8.00. The Bertz CT molecular complexity index is 1110. The molecule has 3 aromatic rings. The molecule has 0 radical (unpaired) electrons. The van der Waals surface area contributed by atoms with Gasteiger partial charge >= 0.3 is 0 Å². The fraction of sp³-hybridized carbons (Fsp3) is 0.286. The van der Waals surface area contributed by atoms with Crippen LogP contribution in [-0.4, -0.2) is 17.6 Å². The predicted molar refractivity (Wildman–Crippen MR) is 138 cm³/mol. The highest BCUT2D eigenvalue weighted by Gasteiger charge is 2.34. The molecule has 4 nitrogen and oxygen atoms in total. The molecular formula is C28H30N2O2S. The molecule has 0 aliphatic carbocycles. The third-order valence-electron chi connectivity index (χ3n) is 5.98. The van der Waals surface area contributed by atoms with E-state index in [0.29, 0.717) is 11.3 Å². The van der Waals surface area contributed by atoms with Crippen LogP contribution in [0.25, 0.3) is 0 Å². The van der Waals surface area contributed by atoms with Gasteiger partial charge in [0.05, 0.1) is 5.75 Å². The lowest BCUT2D eigenvalue weighted by molar-refractivity contribution is -0.115. The van der Waals surface area contributed by atoms with Gasteiger partial charge in [-0.1, -0.05) is 62.2 Å². The summed E-state index contributed by atoms with van der Waals surface area (Å²) in [6.07, 6.45) is 4.67. The summed E-state index contributed by atoms with van der Waals surface area (Å²) in [5.74, 6) is 0.469.